The van der Waals surface area contributed by atoms with Gasteiger partial charge >= 0.3 is 27.3 Å². The molecule has 0 fully saturated rings. The Hall–Kier alpha value is 3.09. The Kier molecular flexibility index (Phi) is 235. The van der Waals surface area contributed by atoms with Gasteiger partial charge in [0.05, 0.1) is 0 Å². The van der Waals surface area contributed by atoms with E-state index < -0.39 is 0 Å². The summed E-state index contributed by atoms with van der Waals surface area (Å²) in [6.45, 7) is 0. The van der Waals surface area contributed by atoms with Gasteiger partial charge in [0.2, 0.25) is 0 Å². The zero-order valence-corrected chi connectivity index (χ0v) is 12.4. The van der Waals surface area contributed by atoms with Crippen molar-refractivity contribution >= 4 is 44.7 Å². The summed E-state index contributed by atoms with van der Waals surface area (Å²) in [5.41, 5.74) is 0. The van der Waals surface area contributed by atoms with Crippen LogP contribution in [-0.4, -0.2) is 44.7 Å². The van der Waals surface area contributed by atoms with Crippen molar-refractivity contribution in [3.05, 3.63) is 0 Å². The van der Waals surface area contributed by atoms with Crippen LogP contribution in [0.15, 0.2) is 0 Å². The van der Waals surface area contributed by atoms with Crippen molar-refractivity contribution < 1.29 is 53.0 Å². The Morgan fingerprint density at radius 2 is 1.00 bits per heavy atom. The van der Waals surface area contributed by atoms with E-state index in [9.17, 15) is 0 Å². The SMILES string of the molecule is [AlH3].[Cu].[Ni].[PbH2].[Zn]. The standard InChI is InChI=1S/Al.Cu.Ni.Pb.Zn.5H. The van der Waals surface area contributed by atoms with Gasteiger partial charge in [-0.2, -0.15) is 0 Å². The van der Waals surface area contributed by atoms with Gasteiger partial charge in [-0.25, -0.2) is 0 Å². The molecule has 0 saturated heterocycles. The molecule has 0 aliphatic rings. The molecule has 35 valence electrons. The normalized spacial score (nSPS) is 0. The molecular formula is H5AlCuNiPbZn. The summed E-state index contributed by atoms with van der Waals surface area (Å²) in [5.74, 6) is 0. The second-order valence-electron chi connectivity index (χ2n) is 0. The molecule has 0 aromatic carbocycles. The average Bonchev–Trinajstić information content (AvgIpc) is 0. The van der Waals surface area contributed by atoms with Crippen molar-refractivity contribution in [2.24, 2.45) is 0 Å². The van der Waals surface area contributed by atoms with Crippen LogP contribution in [0.25, 0.3) is 0 Å². The van der Waals surface area contributed by atoms with Gasteiger partial charge in [0.1, 0.15) is 0 Å². The van der Waals surface area contributed by atoms with E-state index in [-0.39, 0.29) is 97.7 Å². The molecular weight excluding hydrogens is 422 g/mol. The largest absolute Gasteiger partial charge is 0 e. The van der Waals surface area contributed by atoms with Gasteiger partial charge in [0, 0.05) is 53.0 Å². The Balaban J connectivity index is 0. The molecule has 0 N–H and O–H groups in total. The van der Waals surface area contributed by atoms with E-state index in [1.54, 1.807) is 0 Å². The van der Waals surface area contributed by atoms with Gasteiger partial charge < -0.3 is 0 Å². The maximum atomic E-state index is 0. The quantitative estimate of drug-likeness (QED) is 0.389. The average molecular weight is 427 g/mol. The van der Waals surface area contributed by atoms with Crippen molar-refractivity contribution in [3.8, 4) is 0 Å². The topological polar surface area (TPSA) is 0 Å². The monoisotopic (exact) mass is 425 g/mol. The zero-order valence-electron chi connectivity index (χ0n) is 2.03. The van der Waals surface area contributed by atoms with E-state index in [0.717, 1.165) is 0 Å². The fourth-order valence-electron chi connectivity index (χ4n) is 0. The first kappa shape index (κ1) is 42.6. The molecule has 0 heterocycles. The third-order valence-electron chi connectivity index (χ3n) is 0. The minimum Gasteiger partial charge on any atom is 0 e. The molecule has 5 heavy (non-hydrogen) atoms. The number of rotatable bonds is 0. The third kappa shape index (κ3) is 19.2. The van der Waals surface area contributed by atoms with Crippen LogP contribution < -0.4 is 0 Å². The molecule has 0 aromatic heterocycles. The molecule has 3 radical (unpaired) electrons. The van der Waals surface area contributed by atoms with E-state index in [2.05, 4.69) is 0 Å². The first-order valence-electron chi connectivity index (χ1n) is 0. The molecule has 0 spiro atoms. The number of hydrogen-bond donors (Lipinski definition) is 0. The molecule has 5 heteroatoms. The van der Waals surface area contributed by atoms with Gasteiger partial charge in [-0.1, -0.05) is 0 Å². The minimum atomic E-state index is 0. The first-order valence-corrected chi connectivity index (χ1v) is 0. The van der Waals surface area contributed by atoms with Crippen molar-refractivity contribution in [2.45, 2.75) is 0 Å². The molecule has 0 unspecified atom stereocenters. The van der Waals surface area contributed by atoms with Crippen LogP contribution in [-0.2, 0) is 53.0 Å². The summed E-state index contributed by atoms with van der Waals surface area (Å²) >= 11 is 0. The second kappa shape index (κ2) is 27.5. The third-order valence-corrected chi connectivity index (χ3v) is 0. The smallest absolute Gasteiger partial charge is 0 e. The van der Waals surface area contributed by atoms with Crippen LogP contribution in [0.5, 0.6) is 0 Å². The molecule has 0 aliphatic heterocycles. The maximum absolute atomic E-state index is 0. The minimum absolute atomic E-state index is 0. The Labute approximate surface area is 96.1 Å². The van der Waals surface area contributed by atoms with Crippen LogP contribution in [0.1, 0.15) is 0 Å². The predicted molar refractivity (Wildman–Crippen MR) is 18.5 cm³/mol. The molecule has 0 saturated carbocycles. The molecule has 0 bridgehead atoms. The molecule has 0 aliphatic carbocycles. The Morgan fingerprint density at radius 1 is 1.00 bits per heavy atom. The summed E-state index contributed by atoms with van der Waals surface area (Å²) in [4.78, 5) is 0. The van der Waals surface area contributed by atoms with Gasteiger partial charge in [-0.15, -0.1) is 0 Å². The zero-order chi connectivity index (χ0) is 0. The molecule has 0 nitrogen and oxygen atoms in total. The van der Waals surface area contributed by atoms with E-state index in [0.29, 0.717) is 0 Å². The second-order valence-corrected chi connectivity index (χ2v) is 0. The van der Waals surface area contributed by atoms with E-state index in [1.807, 2.05) is 0 Å². The van der Waals surface area contributed by atoms with E-state index in [1.165, 1.54) is 0 Å². The maximum Gasteiger partial charge on any atom is 0 e. The van der Waals surface area contributed by atoms with E-state index in [4.69, 9.17) is 0 Å². The number of hydrogen-bond acceptors (Lipinski definition) is 0. The summed E-state index contributed by atoms with van der Waals surface area (Å²) in [6.07, 6.45) is 0. The van der Waals surface area contributed by atoms with Crippen molar-refractivity contribution in [1.29, 1.82) is 0 Å². The van der Waals surface area contributed by atoms with Crippen LogP contribution >= 0.6 is 0 Å². The fraction of sp³-hybridized carbons (Fsp3) is 0. The van der Waals surface area contributed by atoms with Crippen LogP contribution in [0.4, 0.5) is 0 Å². The fourth-order valence-corrected chi connectivity index (χ4v) is 0. The Bertz CT molecular complexity index is 11.6. The first-order chi connectivity index (χ1) is 0. The molecule has 0 amide bonds. The summed E-state index contributed by atoms with van der Waals surface area (Å²) in [5, 5.41) is 0. The Morgan fingerprint density at radius 3 is 1.00 bits per heavy atom. The van der Waals surface area contributed by atoms with Crippen LogP contribution in [0.2, 0.25) is 0 Å². The predicted octanol–water partition coefficient (Wildman–Crippen LogP) is -2.11. The van der Waals surface area contributed by atoms with Crippen LogP contribution in [0.3, 0.4) is 0 Å². The van der Waals surface area contributed by atoms with Gasteiger partial charge in [0.15, 0.2) is 17.4 Å². The molecule has 0 aromatic rings. The summed E-state index contributed by atoms with van der Waals surface area (Å²) in [7, 11) is 0. The van der Waals surface area contributed by atoms with Crippen molar-refractivity contribution in [2.75, 3.05) is 0 Å². The van der Waals surface area contributed by atoms with Crippen molar-refractivity contribution in [3.63, 3.8) is 0 Å². The molecule has 0 atom stereocenters. The van der Waals surface area contributed by atoms with Crippen molar-refractivity contribution in [1.82, 2.24) is 0 Å². The van der Waals surface area contributed by atoms with E-state index >= 15 is 0 Å². The van der Waals surface area contributed by atoms with Gasteiger partial charge in [0.25, 0.3) is 0 Å². The van der Waals surface area contributed by atoms with Gasteiger partial charge in [-0.05, 0) is 0 Å². The summed E-state index contributed by atoms with van der Waals surface area (Å²) in [6, 6.07) is 0. The van der Waals surface area contributed by atoms with Gasteiger partial charge in [-0.3, -0.25) is 0 Å². The summed E-state index contributed by atoms with van der Waals surface area (Å²) < 4.78 is 0. The molecule has 0 rings (SSSR count). The van der Waals surface area contributed by atoms with Crippen LogP contribution in [0, 0.1) is 0 Å².